The molecule has 0 saturated heterocycles. The van der Waals surface area contributed by atoms with Gasteiger partial charge in [0.1, 0.15) is 0 Å². The largest absolute Gasteiger partial charge is 0.326 e. The van der Waals surface area contributed by atoms with Crippen molar-refractivity contribution < 1.29 is 13.2 Å². The van der Waals surface area contributed by atoms with Gasteiger partial charge in [-0.05, 0) is 6.92 Å². The Morgan fingerprint density at radius 2 is 2.08 bits per heavy atom. The molecule has 0 aliphatic carbocycles. The molecule has 1 aromatic heterocycles. The van der Waals surface area contributed by atoms with E-state index >= 15 is 0 Å². The molecule has 1 heterocycles. The van der Waals surface area contributed by atoms with E-state index in [1.165, 1.54) is 0 Å². The third-order valence-electron chi connectivity index (χ3n) is 1.56. The van der Waals surface area contributed by atoms with Crippen molar-refractivity contribution in [2.24, 2.45) is 0 Å². The van der Waals surface area contributed by atoms with E-state index in [2.05, 4.69) is 0 Å². The predicted octanol–water partition coefficient (Wildman–Crippen LogP) is 1.76. The number of hydrogen-bond donors (Lipinski definition) is 1. The van der Waals surface area contributed by atoms with Crippen molar-refractivity contribution in [2.45, 2.75) is 13.3 Å². The molecule has 0 amide bonds. The van der Waals surface area contributed by atoms with Gasteiger partial charge >= 0.3 is 0 Å². The van der Waals surface area contributed by atoms with Crippen molar-refractivity contribution in [3.63, 3.8) is 0 Å². The summed E-state index contributed by atoms with van der Waals surface area (Å²) in [5.74, 6) is -1.15. The van der Waals surface area contributed by atoms with Crippen LogP contribution in [0, 0.1) is 12.7 Å². The Kier molecular flexibility index (Phi) is 2.21. The van der Waals surface area contributed by atoms with Crippen LogP contribution >= 0.6 is 0 Å². The smallest absolute Gasteiger partial charge is 0.284 e. The van der Waals surface area contributed by atoms with Gasteiger partial charge in [-0.15, -0.1) is 0 Å². The normalized spacial score (nSPS) is 10.8. The zero-order chi connectivity index (χ0) is 9.30. The van der Waals surface area contributed by atoms with E-state index < -0.39 is 23.4 Å². The van der Waals surface area contributed by atoms with Crippen molar-refractivity contribution in [3.8, 4) is 0 Å². The van der Waals surface area contributed by atoms with Crippen molar-refractivity contribution in [3.05, 3.63) is 33.5 Å². The number of nitrogens with one attached hydrogen (secondary N) is 1. The van der Waals surface area contributed by atoms with E-state index in [1.54, 1.807) is 0 Å². The molecule has 1 N–H and O–H groups in total. The summed E-state index contributed by atoms with van der Waals surface area (Å²) in [4.78, 5) is 12.4. The summed E-state index contributed by atoms with van der Waals surface area (Å²) < 4.78 is 36.8. The van der Waals surface area contributed by atoms with E-state index in [4.69, 9.17) is 0 Å². The molecule has 2 nitrogen and oxygen atoms in total. The Hall–Kier alpha value is -1.26. The second-order valence-corrected chi connectivity index (χ2v) is 2.31. The zero-order valence-electron chi connectivity index (χ0n) is 6.20. The number of H-pyrrole nitrogens is 1. The van der Waals surface area contributed by atoms with Crippen molar-refractivity contribution in [2.75, 3.05) is 0 Å². The van der Waals surface area contributed by atoms with Crippen LogP contribution in [0.25, 0.3) is 0 Å². The first-order valence-electron chi connectivity index (χ1n) is 3.20. The minimum absolute atomic E-state index is 0.297. The van der Waals surface area contributed by atoms with E-state index in [0.717, 1.165) is 13.1 Å². The Morgan fingerprint density at radius 1 is 1.50 bits per heavy atom. The van der Waals surface area contributed by atoms with Crippen LogP contribution in [0.15, 0.2) is 11.0 Å². The second kappa shape index (κ2) is 3.00. The molecular weight excluding hydrogens is 171 g/mol. The molecule has 0 aliphatic heterocycles. The number of alkyl halides is 2. The lowest BCUT2D eigenvalue weighted by molar-refractivity contribution is 0.149. The zero-order valence-corrected chi connectivity index (χ0v) is 6.20. The third-order valence-corrected chi connectivity index (χ3v) is 1.56. The standard InChI is InChI=1S/C7H6F3NO/c1-3-4(6(9)10)2-11-7(12)5(3)8/h2,6H,1H3,(H,11,12). The van der Waals surface area contributed by atoms with Gasteiger partial charge in [0.05, 0.1) is 0 Å². The number of halogens is 3. The summed E-state index contributed by atoms with van der Waals surface area (Å²) in [5, 5.41) is 0. The molecule has 0 aliphatic rings. The summed E-state index contributed by atoms with van der Waals surface area (Å²) in [6.07, 6.45) is -1.94. The average Bonchev–Trinajstić information content (AvgIpc) is 2.00. The highest BCUT2D eigenvalue weighted by Gasteiger charge is 2.15. The van der Waals surface area contributed by atoms with Gasteiger partial charge in [-0.2, -0.15) is 0 Å². The molecule has 66 valence electrons. The first kappa shape index (κ1) is 8.83. The van der Waals surface area contributed by atoms with Crippen LogP contribution in [0.2, 0.25) is 0 Å². The van der Waals surface area contributed by atoms with Crippen LogP contribution in [0.3, 0.4) is 0 Å². The number of hydrogen-bond acceptors (Lipinski definition) is 1. The van der Waals surface area contributed by atoms with Crippen LogP contribution in [0.1, 0.15) is 17.6 Å². The van der Waals surface area contributed by atoms with Crippen molar-refractivity contribution in [1.29, 1.82) is 0 Å². The number of aromatic amines is 1. The summed E-state index contributed by atoms with van der Waals surface area (Å²) in [6.45, 7) is 1.14. The highest BCUT2D eigenvalue weighted by molar-refractivity contribution is 5.24. The predicted molar refractivity (Wildman–Crippen MR) is 36.7 cm³/mol. The molecule has 5 heteroatoms. The van der Waals surface area contributed by atoms with E-state index in [-0.39, 0.29) is 5.56 Å². The number of pyridine rings is 1. The van der Waals surface area contributed by atoms with Crippen molar-refractivity contribution >= 4 is 0 Å². The Balaban J connectivity index is 3.36. The van der Waals surface area contributed by atoms with Gasteiger partial charge in [0.25, 0.3) is 12.0 Å². The highest BCUT2D eigenvalue weighted by atomic mass is 19.3. The fourth-order valence-corrected chi connectivity index (χ4v) is 0.839. The summed E-state index contributed by atoms with van der Waals surface area (Å²) in [5.41, 5.74) is -1.75. The van der Waals surface area contributed by atoms with Gasteiger partial charge in [0.2, 0.25) is 0 Å². The summed E-state index contributed by atoms with van der Waals surface area (Å²) >= 11 is 0. The minimum Gasteiger partial charge on any atom is -0.326 e. The Morgan fingerprint density at radius 3 is 2.58 bits per heavy atom. The summed E-state index contributed by atoms with van der Waals surface area (Å²) in [6, 6.07) is 0. The van der Waals surface area contributed by atoms with Crippen molar-refractivity contribution in [1.82, 2.24) is 4.98 Å². The third kappa shape index (κ3) is 1.34. The van der Waals surface area contributed by atoms with Gasteiger partial charge in [-0.25, -0.2) is 13.2 Å². The SMILES string of the molecule is Cc1c(C(F)F)c[nH]c(=O)c1F. The Bertz CT molecular complexity index is 345. The first-order chi connectivity index (χ1) is 5.54. The highest BCUT2D eigenvalue weighted by Crippen LogP contribution is 2.21. The molecule has 1 rings (SSSR count). The molecule has 0 saturated carbocycles. The number of aromatic nitrogens is 1. The second-order valence-electron chi connectivity index (χ2n) is 2.31. The van der Waals surface area contributed by atoms with E-state index in [9.17, 15) is 18.0 Å². The van der Waals surface area contributed by atoms with Gasteiger partial charge in [0.15, 0.2) is 5.82 Å². The molecule has 1 aromatic rings. The molecule has 0 atom stereocenters. The quantitative estimate of drug-likeness (QED) is 0.696. The molecule has 0 bridgehead atoms. The van der Waals surface area contributed by atoms with Gasteiger partial charge in [-0.3, -0.25) is 4.79 Å². The van der Waals surface area contributed by atoms with Crippen LogP contribution in [-0.2, 0) is 0 Å². The maximum Gasteiger partial charge on any atom is 0.284 e. The molecule has 0 fully saturated rings. The lowest BCUT2D eigenvalue weighted by Crippen LogP contribution is -2.13. The molecule has 0 aromatic carbocycles. The number of rotatable bonds is 1. The van der Waals surface area contributed by atoms with Crippen LogP contribution in [-0.4, -0.2) is 4.98 Å². The fourth-order valence-electron chi connectivity index (χ4n) is 0.839. The lowest BCUT2D eigenvalue weighted by atomic mass is 10.1. The van der Waals surface area contributed by atoms with Crippen LogP contribution in [0.4, 0.5) is 13.2 Å². The maximum atomic E-state index is 12.7. The molecular formula is C7H6F3NO. The molecule has 0 radical (unpaired) electrons. The monoisotopic (exact) mass is 177 g/mol. The topological polar surface area (TPSA) is 32.9 Å². The minimum atomic E-state index is -2.77. The van der Waals surface area contributed by atoms with E-state index in [1.807, 2.05) is 4.98 Å². The van der Waals surface area contributed by atoms with Crippen LogP contribution < -0.4 is 5.56 Å². The first-order valence-corrected chi connectivity index (χ1v) is 3.20. The maximum absolute atomic E-state index is 12.7. The molecule has 0 spiro atoms. The van der Waals surface area contributed by atoms with Gasteiger partial charge in [0, 0.05) is 17.3 Å². The fraction of sp³-hybridized carbons (Fsp3) is 0.286. The molecule has 12 heavy (non-hydrogen) atoms. The molecule has 0 unspecified atom stereocenters. The lowest BCUT2D eigenvalue weighted by Gasteiger charge is -2.03. The average molecular weight is 177 g/mol. The van der Waals surface area contributed by atoms with Gasteiger partial charge < -0.3 is 4.98 Å². The summed E-state index contributed by atoms with van der Waals surface area (Å²) in [7, 11) is 0. The van der Waals surface area contributed by atoms with Gasteiger partial charge in [-0.1, -0.05) is 0 Å². The van der Waals surface area contributed by atoms with E-state index in [0.29, 0.717) is 0 Å². The Labute approximate surface area is 66.0 Å². The van der Waals surface area contributed by atoms with Crippen LogP contribution in [0.5, 0.6) is 0 Å².